The van der Waals surface area contributed by atoms with Crippen molar-refractivity contribution in [2.24, 2.45) is 11.1 Å². The number of carbonyl (C=O) groups is 1. The average Bonchev–Trinajstić information content (AvgIpc) is 3.01. The number of benzene rings is 1. The zero-order chi connectivity index (χ0) is 15.0. The molecule has 1 amide bonds. The number of nitrogens with zero attached hydrogens (tertiary/aromatic N) is 1. The van der Waals surface area contributed by atoms with Gasteiger partial charge < -0.3 is 4.90 Å². The maximum Gasteiger partial charge on any atom is 0.263 e. The van der Waals surface area contributed by atoms with E-state index >= 15 is 0 Å². The average molecular weight is 324 g/mol. The second-order valence-corrected chi connectivity index (χ2v) is 8.13. The minimum atomic E-state index is -3.48. The Balaban J connectivity index is 1.74. The van der Waals surface area contributed by atoms with Gasteiger partial charge in [0.2, 0.25) is 10.0 Å². The van der Waals surface area contributed by atoms with Crippen molar-refractivity contribution in [2.45, 2.75) is 6.42 Å². The first kappa shape index (κ1) is 14.5. The molecular weight excluding hydrogens is 308 g/mol. The van der Waals surface area contributed by atoms with Gasteiger partial charge in [0.1, 0.15) is 0 Å². The molecule has 0 radical (unpaired) electrons. The molecule has 0 bridgehead atoms. The zero-order valence-electron chi connectivity index (χ0n) is 11.4. The van der Waals surface area contributed by atoms with Crippen LogP contribution in [0.4, 0.5) is 0 Å². The van der Waals surface area contributed by atoms with Crippen molar-refractivity contribution >= 4 is 37.4 Å². The molecule has 1 aromatic carbocycles. The summed E-state index contributed by atoms with van der Waals surface area (Å²) in [5, 5.41) is 6.13. The molecule has 2 N–H and O–H groups in total. The van der Waals surface area contributed by atoms with Gasteiger partial charge in [-0.15, -0.1) is 11.3 Å². The molecule has 2 aromatic rings. The van der Waals surface area contributed by atoms with Crippen LogP contribution in [0.1, 0.15) is 16.1 Å². The summed E-state index contributed by atoms with van der Waals surface area (Å²) >= 11 is 1.47. The highest BCUT2D eigenvalue weighted by molar-refractivity contribution is 7.89. The Morgan fingerprint density at radius 3 is 2.86 bits per heavy atom. The molecule has 1 saturated heterocycles. The normalized spacial score (nSPS) is 19.3. The van der Waals surface area contributed by atoms with E-state index < -0.39 is 10.0 Å². The number of likely N-dealkylation sites (tertiary alicyclic amines) is 1. The van der Waals surface area contributed by atoms with Crippen molar-refractivity contribution in [2.75, 3.05) is 18.8 Å². The third-order valence-corrected chi connectivity index (χ3v) is 5.72. The van der Waals surface area contributed by atoms with Gasteiger partial charge in [-0.25, -0.2) is 13.6 Å². The number of amides is 1. The predicted molar refractivity (Wildman–Crippen MR) is 83.8 cm³/mol. The first-order chi connectivity index (χ1) is 9.92. The van der Waals surface area contributed by atoms with Crippen LogP contribution in [0.15, 0.2) is 30.3 Å². The minimum absolute atomic E-state index is 0.0203. The smallest absolute Gasteiger partial charge is 0.263 e. The summed E-state index contributed by atoms with van der Waals surface area (Å²) in [5.74, 6) is -0.130. The predicted octanol–water partition coefficient (Wildman–Crippen LogP) is 1.65. The molecule has 0 aliphatic carbocycles. The molecule has 1 unspecified atom stereocenters. The van der Waals surface area contributed by atoms with Crippen LogP contribution < -0.4 is 5.14 Å². The second kappa shape index (κ2) is 5.40. The highest BCUT2D eigenvalue weighted by Crippen LogP contribution is 2.28. The minimum Gasteiger partial charge on any atom is -0.338 e. The molecule has 1 aromatic heterocycles. The fraction of sp³-hybridized carbons (Fsp3) is 0.357. The summed E-state index contributed by atoms with van der Waals surface area (Å²) in [6.07, 6.45) is 0.688. The molecular formula is C14H16N2O3S2. The van der Waals surface area contributed by atoms with Gasteiger partial charge in [-0.05, 0) is 29.9 Å². The van der Waals surface area contributed by atoms with Gasteiger partial charge >= 0.3 is 0 Å². The van der Waals surface area contributed by atoms with E-state index in [-0.39, 0.29) is 17.6 Å². The highest BCUT2D eigenvalue weighted by atomic mass is 32.2. The van der Waals surface area contributed by atoms with Crippen molar-refractivity contribution in [3.63, 3.8) is 0 Å². The number of rotatable bonds is 3. The number of thiophene rings is 1. The third kappa shape index (κ3) is 3.25. The van der Waals surface area contributed by atoms with E-state index in [1.165, 1.54) is 11.3 Å². The Hall–Kier alpha value is -1.44. The van der Waals surface area contributed by atoms with Crippen LogP contribution in [0.2, 0.25) is 0 Å². The van der Waals surface area contributed by atoms with E-state index in [2.05, 4.69) is 0 Å². The molecule has 0 saturated carbocycles. The van der Waals surface area contributed by atoms with Crippen molar-refractivity contribution in [3.05, 3.63) is 35.2 Å². The Bertz CT molecular complexity index is 749. The van der Waals surface area contributed by atoms with Gasteiger partial charge in [-0.3, -0.25) is 4.79 Å². The van der Waals surface area contributed by atoms with E-state index in [0.29, 0.717) is 24.4 Å². The summed E-state index contributed by atoms with van der Waals surface area (Å²) in [6.45, 7) is 1.05. The third-order valence-electron chi connectivity index (χ3n) is 3.68. The number of primary sulfonamides is 1. The summed E-state index contributed by atoms with van der Waals surface area (Å²) < 4.78 is 23.3. The van der Waals surface area contributed by atoms with E-state index in [1.54, 1.807) is 4.90 Å². The number of sulfonamides is 1. The molecule has 1 aliphatic heterocycles. The molecule has 5 nitrogen and oxygen atoms in total. The number of hydrogen-bond donors (Lipinski definition) is 1. The Labute approximate surface area is 127 Å². The zero-order valence-corrected chi connectivity index (χ0v) is 13.0. The lowest BCUT2D eigenvalue weighted by atomic mass is 10.2. The quantitative estimate of drug-likeness (QED) is 0.932. The standard InChI is InChI=1S/C14H16N2O3S2/c15-21(18,19)9-10-5-6-16(8-10)14(17)13-7-11-3-1-2-4-12(11)20-13/h1-4,7,10H,5-6,8-9H2,(H2,15,18,19). The largest absolute Gasteiger partial charge is 0.338 e. The van der Waals surface area contributed by atoms with Gasteiger partial charge in [-0.2, -0.15) is 0 Å². The van der Waals surface area contributed by atoms with Crippen molar-refractivity contribution in [3.8, 4) is 0 Å². The monoisotopic (exact) mass is 324 g/mol. The van der Waals surface area contributed by atoms with E-state index in [4.69, 9.17) is 5.14 Å². The van der Waals surface area contributed by atoms with Crippen molar-refractivity contribution < 1.29 is 13.2 Å². The summed E-state index contributed by atoms with van der Waals surface area (Å²) in [7, 11) is -3.48. The van der Waals surface area contributed by atoms with E-state index in [0.717, 1.165) is 10.1 Å². The van der Waals surface area contributed by atoms with E-state index in [9.17, 15) is 13.2 Å². The first-order valence-corrected chi connectivity index (χ1v) is 9.24. The van der Waals surface area contributed by atoms with Gasteiger partial charge in [0.25, 0.3) is 5.91 Å². The number of carbonyl (C=O) groups excluding carboxylic acids is 1. The number of nitrogens with two attached hydrogens (primary N) is 1. The SMILES string of the molecule is NS(=O)(=O)CC1CCN(C(=O)c2cc3ccccc3s2)C1. The fourth-order valence-electron chi connectivity index (χ4n) is 2.72. The maximum absolute atomic E-state index is 12.5. The molecule has 7 heteroatoms. The number of hydrogen-bond acceptors (Lipinski definition) is 4. The van der Waals surface area contributed by atoms with Gasteiger partial charge in [-0.1, -0.05) is 18.2 Å². The van der Waals surface area contributed by atoms with Crippen LogP contribution in [0, 0.1) is 5.92 Å². The lowest BCUT2D eigenvalue weighted by Gasteiger charge is -2.15. The topological polar surface area (TPSA) is 80.5 Å². The molecule has 0 spiro atoms. The van der Waals surface area contributed by atoms with Crippen LogP contribution in [-0.4, -0.2) is 38.1 Å². The van der Waals surface area contributed by atoms with Crippen molar-refractivity contribution in [1.29, 1.82) is 0 Å². The summed E-state index contributed by atoms with van der Waals surface area (Å²) in [4.78, 5) is 14.9. The molecule has 3 rings (SSSR count). The molecule has 1 atom stereocenters. The van der Waals surface area contributed by atoms with Crippen LogP contribution in [-0.2, 0) is 10.0 Å². The fourth-order valence-corrected chi connectivity index (χ4v) is 4.68. The number of fused-ring (bicyclic) bond motifs is 1. The highest BCUT2D eigenvalue weighted by Gasteiger charge is 2.29. The molecule has 2 heterocycles. The van der Waals surface area contributed by atoms with Crippen LogP contribution in [0.25, 0.3) is 10.1 Å². The maximum atomic E-state index is 12.5. The Morgan fingerprint density at radius 1 is 1.38 bits per heavy atom. The Kier molecular flexibility index (Phi) is 3.73. The van der Waals surface area contributed by atoms with Gasteiger partial charge in [0, 0.05) is 17.8 Å². The van der Waals surface area contributed by atoms with E-state index in [1.807, 2.05) is 30.3 Å². The lowest BCUT2D eigenvalue weighted by Crippen LogP contribution is -2.30. The summed E-state index contributed by atoms with van der Waals surface area (Å²) in [6, 6.07) is 9.77. The van der Waals surface area contributed by atoms with Crippen molar-refractivity contribution in [1.82, 2.24) is 4.90 Å². The molecule has 112 valence electrons. The summed E-state index contributed by atoms with van der Waals surface area (Å²) in [5.41, 5.74) is 0. The molecule has 1 aliphatic rings. The van der Waals surface area contributed by atoms with Gasteiger partial charge in [0.15, 0.2) is 0 Å². The van der Waals surface area contributed by atoms with Gasteiger partial charge in [0.05, 0.1) is 10.6 Å². The van der Waals surface area contributed by atoms with Crippen LogP contribution in [0.3, 0.4) is 0 Å². The van der Waals surface area contributed by atoms with Crippen LogP contribution >= 0.6 is 11.3 Å². The van der Waals surface area contributed by atoms with Crippen LogP contribution in [0.5, 0.6) is 0 Å². The molecule has 1 fully saturated rings. The first-order valence-electron chi connectivity index (χ1n) is 6.71. The Morgan fingerprint density at radius 2 is 2.14 bits per heavy atom. The second-order valence-electron chi connectivity index (χ2n) is 5.38. The lowest BCUT2D eigenvalue weighted by molar-refractivity contribution is 0.0793. The molecule has 21 heavy (non-hydrogen) atoms.